The van der Waals surface area contributed by atoms with Crippen LogP contribution in [0.3, 0.4) is 0 Å². The zero-order chi connectivity index (χ0) is 58.6. The van der Waals surface area contributed by atoms with Gasteiger partial charge in [0, 0.05) is 50.3 Å². The van der Waals surface area contributed by atoms with Gasteiger partial charge in [0.2, 0.25) is 0 Å². The molecule has 2 aromatic heterocycles. The van der Waals surface area contributed by atoms with Gasteiger partial charge in [-0.15, -0.1) is 22.7 Å². The zero-order valence-electron chi connectivity index (χ0n) is 52.3. The fraction of sp³-hybridized carbons (Fsp3) is 0.694. The predicted molar refractivity (Wildman–Crippen MR) is 345 cm³/mol. The average molecular weight is 1170 g/mol. The smallest absolute Gasteiger partial charge is 0.262 e. The summed E-state index contributed by atoms with van der Waals surface area (Å²) in [5.74, 6) is -2.57. The number of nitrogens with zero attached hydrogens (tertiary/aromatic N) is 2. The van der Waals surface area contributed by atoms with E-state index in [9.17, 15) is 0 Å². The number of thiophene rings is 2. The number of halogens is 2. The highest BCUT2D eigenvalue weighted by molar-refractivity contribution is 7.24. The fourth-order valence-electron chi connectivity index (χ4n) is 13.3. The van der Waals surface area contributed by atoms with Crippen LogP contribution < -0.4 is 0 Å². The molecule has 2 aromatic carbocycles. The third-order valence-corrected chi connectivity index (χ3v) is 20.5. The molecule has 10 heteroatoms. The lowest BCUT2D eigenvalue weighted by molar-refractivity contribution is 0.0556. The van der Waals surface area contributed by atoms with Gasteiger partial charge in [-0.1, -0.05) is 259 Å². The van der Waals surface area contributed by atoms with Gasteiger partial charge < -0.3 is 0 Å². The molecule has 4 amide bonds. The van der Waals surface area contributed by atoms with E-state index in [0.29, 0.717) is 49.3 Å². The van der Waals surface area contributed by atoms with Crippen molar-refractivity contribution in [1.82, 2.24) is 9.80 Å². The molecule has 0 saturated carbocycles. The van der Waals surface area contributed by atoms with Crippen LogP contribution in [0.4, 0.5) is 8.78 Å². The second-order valence-electron chi connectivity index (χ2n) is 25.2. The Morgan fingerprint density at radius 2 is 0.683 bits per heavy atom. The highest BCUT2D eigenvalue weighted by atomic mass is 32.1. The summed E-state index contributed by atoms with van der Waals surface area (Å²) in [7, 11) is 0. The lowest BCUT2D eigenvalue weighted by Gasteiger charge is -2.36. The van der Waals surface area contributed by atoms with E-state index in [1.807, 2.05) is 6.92 Å². The standard InChI is InChI=1S/C72H108F2N2O4S2/c1-7-11-15-19-23-27-29-33-37-41-44-55(43-39-35-31-25-21-17-13-9-3)51-75-70(78)59-49-57(62-50-61(74)68(82-62)67-60(73)48-54(6)81-67)66-65-58(47-53(5)63(64(59)65)71(75)79)69(77)76(72(66)80)52-56(45-40-36-32-26-22-18-14-10-4)46-42-38-34-30-28-24-20-16-12-8-2/h47-50,55-56H,7-46,51-52H2,1-6H3. The molecule has 82 heavy (non-hydrogen) atoms. The molecule has 0 saturated heterocycles. The first-order valence-electron chi connectivity index (χ1n) is 33.9. The minimum Gasteiger partial charge on any atom is -0.274 e. The van der Waals surface area contributed by atoms with Crippen molar-refractivity contribution in [2.75, 3.05) is 13.1 Å². The Balaban J connectivity index is 1.31. The van der Waals surface area contributed by atoms with Crippen molar-refractivity contribution in [3.8, 4) is 20.2 Å². The summed E-state index contributed by atoms with van der Waals surface area (Å²) in [4.78, 5) is 65.8. The maximum Gasteiger partial charge on any atom is 0.262 e. The van der Waals surface area contributed by atoms with Crippen LogP contribution in [-0.2, 0) is 0 Å². The van der Waals surface area contributed by atoms with Gasteiger partial charge in [-0.2, -0.15) is 0 Å². The van der Waals surface area contributed by atoms with E-state index in [1.165, 1.54) is 213 Å². The molecule has 6 rings (SSSR count). The highest BCUT2D eigenvalue weighted by Crippen LogP contribution is 2.48. The van der Waals surface area contributed by atoms with Crippen LogP contribution in [0.2, 0.25) is 0 Å². The molecule has 0 N–H and O–H groups in total. The normalized spacial score (nSPS) is 14.1. The van der Waals surface area contributed by atoms with E-state index >= 15 is 28.0 Å². The van der Waals surface area contributed by atoms with E-state index in [4.69, 9.17) is 0 Å². The summed E-state index contributed by atoms with van der Waals surface area (Å²) in [6.45, 7) is 13.2. The second kappa shape index (κ2) is 36.9. The maximum absolute atomic E-state index is 16.4. The Labute approximate surface area is 504 Å². The van der Waals surface area contributed by atoms with Crippen LogP contribution >= 0.6 is 22.7 Å². The molecule has 2 aliphatic rings. The zero-order valence-corrected chi connectivity index (χ0v) is 53.9. The minimum atomic E-state index is -0.608. The van der Waals surface area contributed by atoms with Crippen molar-refractivity contribution >= 4 is 57.1 Å². The van der Waals surface area contributed by atoms with E-state index < -0.39 is 29.4 Å². The lowest BCUT2D eigenvalue weighted by Crippen LogP contribution is -2.46. The summed E-state index contributed by atoms with van der Waals surface area (Å²) in [6.07, 6.45) is 47.7. The molecule has 0 fully saturated rings. The first-order chi connectivity index (χ1) is 39.9. The van der Waals surface area contributed by atoms with Crippen molar-refractivity contribution in [2.24, 2.45) is 11.8 Å². The molecule has 0 radical (unpaired) electrons. The lowest BCUT2D eigenvalue weighted by atomic mass is 9.80. The number of imide groups is 2. The number of carbonyl (C=O) groups excluding carboxylic acids is 4. The van der Waals surface area contributed by atoms with Crippen LogP contribution in [0.25, 0.3) is 31.0 Å². The highest BCUT2D eigenvalue weighted by Gasteiger charge is 2.43. The molecule has 456 valence electrons. The topological polar surface area (TPSA) is 74.8 Å². The fourth-order valence-corrected chi connectivity index (χ4v) is 15.4. The van der Waals surface area contributed by atoms with Crippen molar-refractivity contribution in [3.63, 3.8) is 0 Å². The summed E-state index contributed by atoms with van der Waals surface area (Å²) in [5, 5.41) is 0.665. The van der Waals surface area contributed by atoms with E-state index in [-0.39, 0.29) is 45.2 Å². The quantitative estimate of drug-likeness (QED) is 0.0326. The van der Waals surface area contributed by atoms with Crippen LogP contribution in [-0.4, -0.2) is 46.5 Å². The third kappa shape index (κ3) is 19.6. The maximum atomic E-state index is 16.4. The van der Waals surface area contributed by atoms with Crippen LogP contribution in [0.1, 0.15) is 336 Å². The van der Waals surface area contributed by atoms with Gasteiger partial charge in [0.15, 0.2) is 0 Å². The molecule has 2 aliphatic heterocycles. The van der Waals surface area contributed by atoms with E-state index in [2.05, 4.69) is 27.7 Å². The molecule has 0 bridgehead atoms. The minimum absolute atomic E-state index is 0.104. The van der Waals surface area contributed by atoms with Crippen LogP contribution in [0, 0.1) is 37.3 Å². The molecular weight excluding hydrogens is 1060 g/mol. The van der Waals surface area contributed by atoms with Crippen molar-refractivity contribution in [2.45, 2.75) is 298 Å². The summed E-state index contributed by atoms with van der Waals surface area (Å²) in [5.41, 5.74) is 2.10. The number of amides is 4. The summed E-state index contributed by atoms with van der Waals surface area (Å²) < 4.78 is 31.9. The summed E-state index contributed by atoms with van der Waals surface area (Å²) in [6, 6.07) is 6.26. The predicted octanol–water partition coefficient (Wildman–Crippen LogP) is 23.3. The van der Waals surface area contributed by atoms with Gasteiger partial charge in [-0.25, -0.2) is 8.78 Å². The molecule has 2 unspecified atom stereocenters. The van der Waals surface area contributed by atoms with E-state index in [0.717, 1.165) is 88.4 Å². The molecule has 0 aliphatic carbocycles. The molecule has 2 atom stereocenters. The molecular formula is C72H108F2N2O4S2. The monoisotopic (exact) mass is 1170 g/mol. The average Bonchev–Trinajstić information content (AvgIpc) is 4.15. The molecule has 6 nitrogen and oxygen atoms in total. The number of carbonyl (C=O) groups is 4. The molecule has 4 aromatic rings. The number of unbranched alkanes of at least 4 members (excludes halogenated alkanes) is 32. The molecule has 4 heterocycles. The second-order valence-corrected chi connectivity index (χ2v) is 27.5. The van der Waals surface area contributed by atoms with Gasteiger partial charge in [-0.05, 0) is 81.2 Å². The molecule has 0 spiro atoms. The summed E-state index contributed by atoms with van der Waals surface area (Å²) >= 11 is 2.25. The van der Waals surface area contributed by atoms with E-state index in [1.54, 1.807) is 19.1 Å². The van der Waals surface area contributed by atoms with Gasteiger partial charge in [0.1, 0.15) is 11.6 Å². The Morgan fingerprint density at radius 3 is 1.05 bits per heavy atom. The Bertz CT molecular complexity index is 2600. The number of benzene rings is 2. The number of rotatable bonds is 46. The van der Waals surface area contributed by atoms with Gasteiger partial charge in [0.05, 0.1) is 20.9 Å². The Kier molecular flexibility index (Phi) is 30.4. The SMILES string of the molecule is CCCCCCCCCCCCC(CCCCCCCCCC)CN1C(=O)c2cc(-c3cc(F)c(-c4sc(C)cc4F)s3)c3c4c(cc(C)c(c24)C1=O)C(=O)N(CC(CCCCCCCCCC)CCCCCCCCCCCC)C3=O. The largest absolute Gasteiger partial charge is 0.274 e. The Morgan fingerprint density at radius 1 is 0.366 bits per heavy atom. The van der Waals surface area contributed by atoms with Crippen molar-refractivity contribution in [3.05, 3.63) is 68.6 Å². The van der Waals surface area contributed by atoms with Gasteiger partial charge in [0.25, 0.3) is 23.6 Å². The number of hydrogen-bond acceptors (Lipinski definition) is 6. The van der Waals surface area contributed by atoms with Crippen molar-refractivity contribution in [1.29, 1.82) is 0 Å². The Hall–Kier alpha value is -3.76. The first kappa shape index (κ1) is 67.4. The van der Waals surface area contributed by atoms with Crippen LogP contribution in [0.5, 0.6) is 0 Å². The number of aryl methyl sites for hydroxylation is 2. The first-order valence-corrected chi connectivity index (χ1v) is 35.5. The van der Waals surface area contributed by atoms with Gasteiger partial charge >= 0.3 is 0 Å². The van der Waals surface area contributed by atoms with Crippen molar-refractivity contribution < 1.29 is 28.0 Å². The number of hydrogen-bond donors (Lipinski definition) is 0. The third-order valence-electron chi connectivity index (χ3n) is 18.2. The van der Waals surface area contributed by atoms with Crippen LogP contribution in [0.15, 0.2) is 24.3 Å². The van der Waals surface area contributed by atoms with Gasteiger partial charge in [-0.3, -0.25) is 29.0 Å².